The minimum Gasteiger partial charge on any atom is -0.490 e. The number of halogens is 1. The standard InChI is InChI=1S/C32H39BrN6O5S/c1-6-15-45-32-36-31-34-21(5)27(30(41)35-24-10-8-9-19(3)20(24)4)28(39(31)37-32)22-16-23(33)29(25(17-22)43-7-2)44-18-26(40)38-11-13-42-14-12-38/h8-10,16-17,28H,6-7,11-15,18H2,1-5H3,(H,35,41)(H,34,36,37). The molecule has 3 aromatic rings. The molecule has 1 unspecified atom stereocenters. The highest BCUT2D eigenvalue weighted by molar-refractivity contribution is 9.10. The molecule has 11 nitrogen and oxygen atoms in total. The minimum absolute atomic E-state index is 0.122. The lowest BCUT2D eigenvalue weighted by Crippen LogP contribution is -2.43. The van der Waals surface area contributed by atoms with Gasteiger partial charge in [-0.3, -0.25) is 9.59 Å². The van der Waals surface area contributed by atoms with Crippen LogP contribution in [-0.4, -0.2) is 76.7 Å². The van der Waals surface area contributed by atoms with Crippen LogP contribution in [0.3, 0.4) is 0 Å². The molecule has 0 aliphatic carbocycles. The summed E-state index contributed by atoms with van der Waals surface area (Å²) in [5.41, 5.74) is 4.72. The second kappa shape index (κ2) is 14.7. The summed E-state index contributed by atoms with van der Waals surface area (Å²) in [6.07, 6.45) is 0.979. The number of hydrogen-bond acceptors (Lipinski definition) is 9. The van der Waals surface area contributed by atoms with Gasteiger partial charge in [0.25, 0.3) is 11.8 Å². The Morgan fingerprint density at radius 1 is 1.16 bits per heavy atom. The summed E-state index contributed by atoms with van der Waals surface area (Å²) in [5, 5.41) is 11.9. The van der Waals surface area contributed by atoms with E-state index in [2.05, 4.69) is 33.5 Å². The normalized spacial score (nSPS) is 16.2. The molecule has 2 aliphatic rings. The van der Waals surface area contributed by atoms with Gasteiger partial charge in [0.15, 0.2) is 18.1 Å². The number of rotatable bonds is 11. The van der Waals surface area contributed by atoms with Crippen molar-refractivity contribution in [2.75, 3.05) is 55.9 Å². The molecule has 1 atom stereocenters. The van der Waals surface area contributed by atoms with Crippen molar-refractivity contribution in [1.29, 1.82) is 0 Å². The summed E-state index contributed by atoms with van der Waals surface area (Å²) in [5.74, 6) is 1.90. The number of aryl methyl sites for hydroxylation is 1. The minimum atomic E-state index is -0.630. The molecule has 13 heteroatoms. The topological polar surface area (TPSA) is 120 Å². The van der Waals surface area contributed by atoms with E-state index in [1.54, 1.807) is 21.3 Å². The molecular formula is C32H39BrN6O5S. The number of aromatic nitrogens is 3. The van der Waals surface area contributed by atoms with Crippen LogP contribution in [0.25, 0.3) is 0 Å². The second-order valence-electron chi connectivity index (χ2n) is 10.8. The van der Waals surface area contributed by atoms with Gasteiger partial charge in [-0.05, 0) is 84.9 Å². The summed E-state index contributed by atoms with van der Waals surface area (Å²) in [4.78, 5) is 33.4. The number of anilines is 2. The number of carbonyl (C=O) groups excluding carboxylic acids is 2. The zero-order valence-corrected chi connectivity index (χ0v) is 28.6. The summed E-state index contributed by atoms with van der Waals surface area (Å²) >= 11 is 5.24. The molecule has 0 radical (unpaired) electrons. The Labute approximate surface area is 276 Å². The van der Waals surface area contributed by atoms with Gasteiger partial charge in [0.05, 0.1) is 29.9 Å². The zero-order valence-electron chi connectivity index (χ0n) is 26.2. The van der Waals surface area contributed by atoms with E-state index in [-0.39, 0.29) is 18.4 Å². The Kier molecular flexibility index (Phi) is 10.7. The lowest BCUT2D eigenvalue weighted by molar-refractivity contribution is -0.137. The number of fused-ring (bicyclic) bond motifs is 1. The van der Waals surface area contributed by atoms with Crippen molar-refractivity contribution in [3.05, 3.63) is 62.8 Å². The van der Waals surface area contributed by atoms with Crippen LogP contribution in [0, 0.1) is 13.8 Å². The van der Waals surface area contributed by atoms with Gasteiger partial charge in [0, 0.05) is 30.2 Å². The number of benzene rings is 2. The third-order valence-electron chi connectivity index (χ3n) is 7.72. The van der Waals surface area contributed by atoms with Crippen LogP contribution in [0.5, 0.6) is 11.5 Å². The third kappa shape index (κ3) is 7.31. The van der Waals surface area contributed by atoms with Crippen molar-refractivity contribution in [2.45, 2.75) is 52.2 Å². The molecule has 5 rings (SSSR count). The molecule has 2 amide bonds. The summed E-state index contributed by atoms with van der Waals surface area (Å²) in [6, 6.07) is 8.95. The first-order valence-corrected chi connectivity index (χ1v) is 16.9. The molecule has 0 saturated carbocycles. The van der Waals surface area contributed by atoms with Gasteiger partial charge in [-0.2, -0.15) is 4.98 Å². The van der Waals surface area contributed by atoms with Crippen molar-refractivity contribution in [1.82, 2.24) is 19.7 Å². The van der Waals surface area contributed by atoms with Crippen LogP contribution in [0.15, 0.2) is 51.2 Å². The Bertz CT molecular complexity index is 1600. The van der Waals surface area contributed by atoms with Crippen molar-refractivity contribution in [3.8, 4) is 11.5 Å². The van der Waals surface area contributed by atoms with Crippen molar-refractivity contribution in [3.63, 3.8) is 0 Å². The number of thioether (sulfide) groups is 1. The number of ether oxygens (including phenoxy) is 3. The average Bonchev–Trinajstić information content (AvgIpc) is 3.43. The predicted molar refractivity (Wildman–Crippen MR) is 178 cm³/mol. The van der Waals surface area contributed by atoms with E-state index in [0.29, 0.717) is 71.3 Å². The number of allylic oxidation sites excluding steroid dienone is 1. The molecule has 0 spiro atoms. The average molecular weight is 700 g/mol. The molecule has 2 N–H and O–H groups in total. The van der Waals surface area contributed by atoms with Crippen LogP contribution >= 0.6 is 27.7 Å². The molecule has 3 heterocycles. The Balaban J connectivity index is 1.53. The summed E-state index contributed by atoms with van der Waals surface area (Å²) in [6.45, 7) is 12.2. The Hall–Kier alpha value is -3.55. The lowest BCUT2D eigenvalue weighted by Gasteiger charge is -2.30. The Morgan fingerprint density at radius 3 is 2.67 bits per heavy atom. The number of morpholine rings is 1. The van der Waals surface area contributed by atoms with Gasteiger partial charge in [-0.25, -0.2) is 4.68 Å². The van der Waals surface area contributed by atoms with E-state index in [9.17, 15) is 9.59 Å². The largest absolute Gasteiger partial charge is 0.490 e. The molecular weight excluding hydrogens is 660 g/mol. The summed E-state index contributed by atoms with van der Waals surface area (Å²) < 4.78 is 19.8. The first kappa shape index (κ1) is 32.8. The molecule has 0 bridgehead atoms. The SMILES string of the molecule is CCCSc1nc2n(n1)C(c1cc(Br)c(OCC(=O)N3CCOCC3)c(OCC)c1)C(C(=O)Nc1cccc(C)c1C)=C(C)N2. The van der Waals surface area contributed by atoms with E-state index in [1.165, 1.54) is 0 Å². The third-order valence-corrected chi connectivity index (χ3v) is 9.35. The fourth-order valence-corrected chi connectivity index (χ4v) is 6.51. The first-order valence-electron chi connectivity index (χ1n) is 15.1. The molecule has 1 fully saturated rings. The van der Waals surface area contributed by atoms with E-state index < -0.39 is 6.04 Å². The van der Waals surface area contributed by atoms with Gasteiger partial charge in [0.1, 0.15) is 6.04 Å². The monoisotopic (exact) mass is 698 g/mol. The maximum absolute atomic E-state index is 14.1. The van der Waals surface area contributed by atoms with Crippen LogP contribution in [0.2, 0.25) is 0 Å². The highest BCUT2D eigenvalue weighted by Crippen LogP contribution is 2.43. The van der Waals surface area contributed by atoms with Gasteiger partial charge < -0.3 is 29.7 Å². The number of nitrogens with zero attached hydrogens (tertiary/aromatic N) is 4. The lowest BCUT2D eigenvalue weighted by atomic mass is 9.94. The zero-order chi connectivity index (χ0) is 32.1. The van der Waals surface area contributed by atoms with E-state index >= 15 is 0 Å². The fraction of sp³-hybridized carbons (Fsp3) is 0.438. The first-order chi connectivity index (χ1) is 21.7. The van der Waals surface area contributed by atoms with E-state index in [4.69, 9.17) is 24.3 Å². The van der Waals surface area contributed by atoms with Crippen LogP contribution in [0.4, 0.5) is 11.6 Å². The molecule has 2 aliphatic heterocycles. The quantitative estimate of drug-likeness (QED) is 0.242. The van der Waals surface area contributed by atoms with Gasteiger partial charge in [0.2, 0.25) is 11.1 Å². The molecule has 1 aromatic heterocycles. The second-order valence-corrected chi connectivity index (χ2v) is 12.7. The molecule has 2 aromatic carbocycles. The number of hydrogen-bond donors (Lipinski definition) is 2. The van der Waals surface area contributed by atoms with Crippen molar-refractivity contribution < 1.29 is 23.8 Å². The predicted octanol–water partition coefficient (Wildman–Crippen LogP) is 5.72. The Morgan fingerprint density at radius 2 is 1.93 bits per heavy atom. The number of amides is 2. The van der Waals surface area contributed by atoms with Crippen molar-refractivity contribution in [2.24, 2.45) is 0 Å². The number of nitrogens with one attached hydrogen (secondary N) is 2. The van der Waals surface area contributed by atoms with Crippen LogP contribution < -0.4 is 20.1 Å². The summed E-state index contributed by atoms with van der Waals surface area (Å²) in [7, 11) is 0. The highest BCUT2D eigenvalue weighted by atomic mass is 79.9. The molecule has 45 heavy (non-hydrogen) atoms. The smallest absolute Gasteiger partial charge is 0.260 e. The van der Waals surface area contributed by atoms with E-state index in [1.807, 2.05) is 58.0 Å². The maximum Gasteiger partial charge on any atom is 0.260 e. The number of carbonyl (C=O) groups is 2. The van der Waals surface area contributed by atoms with Gasteiger partial charge in [-0.15, -0.1) is 5.10 Å². The van der Waals surface area contributed by atoms with Gasteiger partial charge >= 0.3 is 0 Å². The van der Waals surface area contributed by atoms with E-state index in [0.717, 1.165) is 34.6 Å². The van der Waals surface area contributed by atoms with Crippen LogP contribution in [0.1, 0.15) is 49.9 Å². The molecule has 1 saturated heterocycles. The fourth-order valence-electron chi connectivity index (χ4n) is 5.25. The van der Waals surface area contributed by atoms with Crippen LogP contribution in [-0.2, 0) is 14.3 Å². The maximum atomic E-state index is 14.1. The molecule has 240 valence electrons. The highest BCUT2D eigenvalue weighted by Gasteiger charge is 2.36. The van der Waals surface area contributed by atoms with Gasteiger partial charge in [-0.1, -0.05) is 30.8 Å². The van der Waals surface area contributed by atoms with Crippen molar-refractivity contribution >= 4 is 51.1 Å².